The highest BCUT2D eigenvalue weighted by Gasteiger charge is 2.27. The zero-order chi connectivity index (χ0) is 37.8. The van der Waals surface area contributed by atoms with Crippen molar-refractivity contribution in [2.24, 2.45) is 23.7 Å². The Hall–Kier alpha value is -3.22. The molecule has 6 heteroatoms. The van der Waals surface area contributed by atoms with Gasteiger partial charge in [0.1, 0.15) is 0 Å². The molecule has 0 aliphatic heterocycles. The first-order chi connectivity index (χ1) is 26.5. The van der Waals surface area contributed by atoms with Gasteiger partial charge in [-0.05, 0) is 110 Å². The second-order valence-corrected chi connectivity index (χ2v) is 16.5. The molecule has 3 fully saturated rings. The molecule has 3 aliphatic rings. The van der Waals surface area contributed by atoms with Crippen LogP contribution in [0.5, 0.6) is 0 Å². The van der Waals surface area contributed by atoms with Gasteiger partial charge in [0.05, 0.1) is 38.6 Å². The van der Waals surface area contributed by atoms with Gasteiger partial charge in [0.15, 0.2) is 0 Å². The molecule has 0 spiro atoms. The van der Waals surface area contributed by atoms with E-state index in [-0.39, 0.29) is 24.1 Å². The third-order valence-corrected chi connectivity index (χ3v) is 12.6. The summed E-state index contributed by atoms with van der Waals surface area (Å²) in [6.45, 7) is 9.23. The molecule has 54 heavy (non-hydrogen) atoms. The Bertz CT molecular complexity index is 1280. The second-order valence-electron chi connectivity index (χ2n) is 16.5. The summed E-state index contributed by atoms with van der Waals surface area (Å²) in [5.41, 5.74) is 5.34. The van der Waals surface area contributed by atoms with Crippen LogP contribution in [-0.2, 0) is 54.6 Å². The first-order valence-corrected chi connectivity index (χ1v) is 21.4. The molecule has 0 unspecified atom stereocenters. The van der Waals surface area contributed by atoms with E-state index in [2.05, 4.69) is 61.7 Å². The Balaban J connectivity index is 0.930. The Morgan fingerprint density at radius 1 is 0.500 bits per heavy atom. The van der Waals surface area contributed by atoms with Crippen LogP contribution in [0.2, 0.25) is 0 Å². The summed E-state index contributed by atoms with van der Waals surface area (Å²) in [7, 11) is 0. The number of carbonyl (C=O) groups excluding carboxylic acids is 2. The quantitative estimate of drug-likeness (QED) is 0.0680. The fraction of sp³-hybridized carbons (Fsp3) is 0.625. The number of rotatable bonds is 22. The molecule has 3 aliphatic carbocycles. The summed E-state index contributed by atoms with van der Waals surface area (Å²) in [4.78, 5) is 22.4. The average Bonchev–Trinajstić information content (AvgIpc) is 3.22. The molecule has 2 aromatic rings. The van der Waals surface area contributed by atoms with Gasteiger partial charge < -0.3 is 18.9 Å². The summed E-state index contributed by atoms with van der Waals surface area (Å²) in [6, 6.07) is 18.2. The smallest absolute Gasteiger partial charge is 0.330 e. The van der Waals surface area contributed by atoms with Crippen LogP contribution in [0.15, 0.2) is 73.8 Å². The zero-order valence-corrected chi connectivity index (χ0v) is 33.1. The number of benzene rings is 2. The number of esters is 2. The van der Waals surface area contributed by atoms with Crippen LogP contribution in [0, 0.1) is 23.7 Å². The van der Waals surface area contributed by atoms with Crippen LogP contribution >= 0.6 is 0 Å². The van der Waals surface area contributed by atoms with E-state index >= 15 is 0 Å². The van der Waals surface area contributed by atoms with Crippen molar-refractivity contribution in [2.75, 3.05) is 13.2 Å². The third-order valence-electron chi connectivity index (χ3n) is 12.6. The van der Waals surface area contributed by atoms with Gasteiger partial charge in [-0.1, -0.05) is 126 Å². The molecule has 0 bridgehead atoms. The van der Waals surface area contributed by atoms with Crippen molar-refractivity contribution >= 4 is 11.9 Å². The van der Waals surface area contributed by atoms with Crippen LogP contribution in [0.3, 0.4) is 0 Å². The van der Waals surface area contributed by atoms with E-state index in [1.165, 1.54) is 111 Å². The van der Waals surface area contributed by atoms with E-state index in [9.17, 15) is 9.59 Å². The molecule has 0 heterocycles. The van der Waals surface area contributed by atoms with Crippen molar-refractivity contribution in [3.63, 3.8) is 0 Å². The number of ether oxygens (including phenoxy) is 4. The standard InChI is InChI=1S/C48H68O6/c1-3-47(49)51-33-7-9-37-13-17-39(18-14-37)21-23-41-25-29-43(30-26-41)35-53-45-11-5-6-12-46(45)54-36-44-31-27-42(28-32-44)24-22-40-19-15-38(16-20-40)10-8-34-52-48(50)4-2/h3-4,25-32,37-40,45-46H,1-2,5-24,33-36H2/t37?,38?,39?,40?,45-,46-/m1/s1. The van der Waals surface area contributed by atoms with Gasteiger partial charge in [-0.2, -0.15) is 0 Å². The lowest BCUT2D eigenvalue weighted by molar-refractivity contribution is -0.138. The van der Waals surface area contributed by atoms with Gasteiger partial charge in [0.25, 0.3) is 0 Å². The third kappa shape index (κ3) is 15.1. The van der Waals surface area contributed by atoms with Gasteiger partial charge in [0.2, 0.25) is 0 Å². The Kier molecular flexibility index (Phi) is 18.4. The molecule has 0 aromatic heterocycles. The van der Waals surface area contributed by atoms with Gasteiger partial charge in [-0.15, -0.1) is 0 Å². The summed E-state index contributed by atoms with van der Waals surface area (Å²) in [5, 5.41) is 0. The van der Waals surface area contributed by atoms with Gasteiger partial charge >= 0.3 is 11.9 Å². The van der Waals surface area contributed by atoms with Crippen LogP contribution in [0.4, 0.5) is 0 Å². The molecule has 2 atom stereocenters. The normalized spacial score (nSPS) is 24.4. The highest BCUT2D eigenvalue weighted by molar-refractivity contribution is 5.81. The van der Waals surface area contributed by atoms with Gasteiger partial charge in [-0.25, -0.2) is 9.59 Å². The Morgan fingerprint density at radius 3 is 1.19 bits per heavy atom. The summed E-state index contributed by atoms with van der Waals surface area (Å²) < 4.78 is 23.3. The topological polar surface area (TPSA) is 71.1 Å². The predicted molar refractivity (Wildman–Crippen MR) is 217 cm³/mol. The van der Waals surface area contributed by atoms with Crippen LogP contribution in [0.25, 0.3) is 0 Å². The fourth-order valence-corrected chi connectivity index (χ4v) is 9.02. The monoisotopic (exact) mass is 741 g/mol. The molecule has 3 saturated carbocycles. The van der Waals surface area contributed by atoms with E-state index < -0.39 is 0 Å². The van der Waals surface area contributed by atoms with E-state index in [1.54, 1.807) is 0 Å². The van der Waals surface area contributed by atoms with Gasteiger partial charge in [0, 0.05) is 12.2 Å². The maximum Gasteiger partial charge on any atom is 0.330 e. The molecule has 5 rings (SSSR count). The molecule has 0 radical (unpaired) electrons. The Morgan fingerprint density at radius 2 is 0.833 bits per heavy atom. The lowest BCUT2D eigenvalue weighted by Crippen LogP contribution is -2.34. The predicted octanol–water partition coefficient (Wildman–Crippen LogP) is 11.2. The fourth-order valence-electron chi connectivity index (χ4n) is 9.02. The molecule has 0 amide bonds. The van der Waals surface area contributed by atoms with Crippen molar-refractivity contribution in [2.45, 2.75) is 154 Å². The molecule has 6 nitrogen and oxygen atoms in total. The van der Waals surface area contributed by atoms with E-state index in [0.717, 1.165) is 75.0 Å². The molecule has 296 valence electrons. The SMILES string of the molecule is C=CC(=O)OCCCC1CCC(CCc2ccc(CO[C@@H]3CCCC[C@H]3OCc3ccc(CCC4CCC(CCCOC(=O)C=C)CC4)cc3)cc2)CC1. The first kappa shape index (κ1) is 41.9. The molecule has 0 N–H and O–H groups in total. The maximum absolute atomic E-state index is 11.2. The minimum Gasteiger partial charge on any atom is -0.463 e. The summed E-state index contributed by atoms with van der Waals surface area (Å²) >= 11 is 0. The number of aryl methyl sites for hydroxylation is 2. The summed E-state index contributed by atoms with van der Waals surface area (Å²) in [5.74, 6) is 2.58. The van der Waals surface area contributed by atoms with Crippen LogP contribution in [-0.4, -0.2) is 37.4 Å². The van der Waals surface area contributed by atoms with Crippen molar-refractivity contribution in [1.29, 1.82) is 0 Å². The minimum atomic E-state index is -0.313. The van der Waals surface area contributed by atoms with E-state index in [1.807, 2.05) is 0 Å². The largest absolute Gasteiger partial charge is 0.463 e. The van der Waals surface area contributed by atoms with Crippen LogP contribution < -0.4 is 0 Å². The average molecular weight is 741 g/mol. The maximum atomic E-state index is 11.2. The lowest BCUT2D eigenvalue weighted by Gasteiger charge is -2.31. The van der Waals surface area contributed by atoms with E-state index in [4.69, 9.17) is 18.9 Å². The van der Waals surface area contributed by atoms with Crippen LogP contribution in [0.1, 0.15) is 138 Å². The highest BCUT2D eigenvalue weighted by Crippen LogP contribution is 2.35. The molecular formula is C48H68O6. The van der Waals surface area contributed by atoms with Crippen molar-refractivity contribution in [3.05, 3.63) is 96.1 Å². The first-order valence-electron chi connectivity index (χ1n) is 21.4. The summed E-state index contributed by atoms with van der Waals surface area (Å²) in [6.07, 6.45) is 26.9. The zero-order valence-electron chi connectivity index (χ0n) is 33.1. The van der Waals surface area contributed by atoms with E-state index in [0.29, 0.717) is 26.4 Å². The van der Waals surface area contributed by atoms with Crippen molar-refractivity contribution in [3.8, 4) is 0 Å². The lowest BCUT2D eigenvalue weighted by atomic mass is 9.78. The van der Waals surface area contributed by atoms with Crippen molar-refractivity contribution in [1.82, 2.24) is 0 Å². The second kappa shape index (κ2) is 23.6. The number of hydrogen-bond acceptors (Lipinski definition) is 6. The number of carbonyl (C=O) groups is 2. The molecule has 0 saturated heterocycles. The highest BCUT2D eigenvalue weighted by atomic mass is 16.5. The van der Waals surface area contributed by atoms with Crippen molar-refractivity contribution < 1.29 is 28.5 Å². The van der Waals surface area contributed by atoms with Gasteiger partial charge in [-0.3, -0.25) is 0 Å². The molecular weight excluding hydrogens is 673 g/mol. The molecule has 2 aromatic carbocycles. The minimum absolute atomic E-state index is 0.153. The Labute approximate surface area is 326 Å². The number of hydrogen-bond donors (Lipinski definition) is 0.